The first kappa shape index (κ1) is 23.3. The van der Waals surface area contributed by atoms with Crippen LogP contribution in [0.25, 0.3) is 0 Å². The van der Waals surface area contributed by atoms with Crippen LogP contribution in [0.3, 0.4) is 0 Å². The molecule has 0 atom stereocenters. The number of halogens is 3. The molecule has 0 radical (unpaired) electrons. The molecule has 0 unspecified atom stereocenters. The topological polar surface area (TPSA) is 73.2 Å². The molecule has 0 spiro atoms. The molecule has 1 N–H and O–H groups in total. The highest BCUT2D eigenvalue weighted by molar-refractivity contribution is 6.05. The van der Waals surface area contributed by atoms with E-state index in [2.05, 4.69) is 11.4 Å². The Kier molecular flexibility index (Phi) is 6.05. The predicted octanol–water partition coefficient (Wildman–Crippen LogP) is 5.16. The van der Waals surface area contributed by atoms with Crippen molar-refractivity contribution >= 4 is 17.5 Å². The second-order valence-electron chi connectivity index (χ2n) is 8.85. The van der Waals surface area contributed by atoms with Gasteiger partial charge >= 0.3 is 12.1 Å². The number of rotatable bonds is 3. The molecule has 0 fully saturated rings. The maximum absolute atomic E-state index is 13.1. The number of hydrogen-bond acceptors (Lipinski definition) is 3. The monoisotopic (exact) mass is 443 g/mol. The maximum Gasteiger partial charge on any atom is 0.471 e. The fourth-order valence-corrected chi connectivity index (χ4v) is 4.15. The van der Waals surface area contributed by atoms with Crippen LogP contribution in [0.5, 0.6) is 0 Å². The highest BCUT2D eigenvalue weighted by Gasteiger charge is 2.48. The number of carbonyl (C=O) groups is 2. The maximum atomic E-state index is 13.1. The Labute approximate surface area is 184 Å². The van der Waals surface area contributed by atoms with Crippen molar-refractivity contribution < 1.29 is 22.8 Å². The van der Waals surface area contributed by atoms with Crippen LogP contribution in [0, 0.1) is 11.3 Å². The average Bonchev–Trinajstić information content (AvgIpc) is 2.71. The molecule has 8 heteroatoms. The van der Waals surface area contributed by atoms with E-state index in [4.69, 9.17) is 0 Å². The van der Waals surface area contributed by atoms with Gasteiger partial charge in [0.1, 0.15) is 0 Å². The molecule has 0 aliphatic carbocycles. The SMILES string of the molecule is CC(C)c1c(C#N)cccc1C(=O)Nc1ccc2c(c1)CN(C(=O)C(F)(F)F)C(C)(C)C2. The molecular weight excluding hydrogens is 419 g/mol. The summed E-state index contributed by atoms with van der Waals surface area (Å²) in [5.74, 6) is -2.35. The summed E-state index contributed by atoms with van der Waals surface area (Å²) in [5, 5.41) is 12.1. The average molecular weight is 443 g/mol. The normalized spacial score (nSPS) is 15.2. The van der Waals surface area contributed by atoms with Gasteiger partial charge in [-0.3, -0.25) is 9.59 Å². The van der Waals surface area contributed by atoms with Gasteiger partial charge in [-0.05, 0) is 67.1 Å². The minimum absolute atomic E-state index is 0.0562. The third-order valence-electron chi connectivity index (χ3n) is 5.68. The molecular formula is C24H24F3N3O2. The summed E-state index contributed by atoms with van der Waals surface area (Å²) in [6.07, 6.45) is -4.69. The van der Waals surface area contributed by atoms with Gasteiger partial charge in [-0.25, -0.2) is 0 Å². The van der Waals surface area contributed by atoms with Crippen molar-refractivity contribution in [2.75, 3.05) is 5.32 Å². The summed E-state index contributed by atoms with van der Waals surface area (Å²) in [6, 6.07) is 12.1. The van der Waals surface area contributed by atoms with Crippen molar-refractivity contribution in [1.82, 2.24) is 4.90 Å². The molecule has 5 nitrogen and oxygen atoms in total. The van der Waals surface area contributed by atoms with E-state index in [1.807, 2.05) is 13.8 Å². The van der Waals surface area contributed by atoms with Gasteiger partial charge in [-0.2, -0.15) is 18.4 Å². The number of nitriles is 1. The Balaban J connectivity index is 1.91. The summed E-state index contributed by atoms with van der Waals surface area (Å²) in [4.78, 5) is 25.7. The Morgan fingerprint density at radius 3 is 2.44 bits per heavy atom. The van der Waals surface area contributed by atoms with Gasteiger partial charge in [0.25, 0.3) is 5.91 Å². The van der Waals surface area contributed by atoms with E-state index in [0.29, 0.717) is 27.9 Å². The van der Waals surface area contributed by atoms with Crippen molar-refractivity contribution in [3.8, 4) is 6.07 Å². The number of benzene rings is 2. The molecule has 2 aromatic rings. The number of carbonyl (C=O) groups excluding carboxylic acids is 2. The van der Waals surface area contributed by atoms with E-state index in [0.717, 1.165) is 10.5 Å². The van der Waals surface area contributed by atoms with E-state index < -0.39 is 23.5 Å². The Morgan fingerprint density at radius 2 is 1.84 bits per heavy atom. The van der Waals surface area contributed by atoms with Gasteiger partial charge in [0.05, 0.1) is 11.6 Å². The van der Waals surface area contributed by atoms with Crippen molar-refractivity contribution in [3.63, 3.8) is 0 Å². The van der Waals surface area contributed by atoms with Gasteiger partial charge in [0.2, 0.25) is 0 Å². The molecule has 0 saturated carbocycles. The number of fused-ring (bicyclic) bond motifs is 1. The third kappa shape index (κ3) is 4.47. The summed E-state index contributed by atoms with van der Waals surface area (Å²) >= 11 is 0. The van der Waals surface area contributed by atoms with Crippen LogP contribution in [0.4, 0.5) is 18.9 Å². The Hall–Kier alpha value is -3.34. The molecule has 2 amide bonds. The quantitative estimate of drug-likeness (QED) is 0.712. The predicted molar refractivity (Wildman–Crippen MR) is 114 cm³/mol. The largest absolute Gasteiger partial charge is 0.471 e. The fourth-order valence-electron chi connectivity index (χ4n) is 4.15. The van der Waals surface area contributed by atoms with Crippen molar-refractivity contribution in [1.29, 1.82) is 5.26 Å². The number of nitrogens with zero attached hydrogens (tertiary/aromatic N) is 2. The van der Waals surface area contributed by atoms with E-state index >= 15 is 0 Å². The smallest absolute Gasteiger partial charge is 0.325 e. The highest BCUT2D eigenvalue weighted by atomic mass is 19.4. The molecule has 32 heavy (non-hydrogen) atoms. The minimum Gasteiger partial charge on any atom is -0.325 e. The molecule has 1 aliphatic heterocycles. The first-order valence-corrected chi connectivity index (χ1v) is 10.2. The third-order valence-corrected chi connectivity index (χ3v) is 5.68. The molecule has 0 saturated heterocycles. The van der Waals surface area contributed by atoms with Crippen LogP contribution >= 0.6 is 0 Å². The first-order valence-electron chi connectivity index (χ1n) is 10.2. The van der Waals surface area contributed by atoms with E-state index in [1.165, 1.54) is 0 Å². The molecule has 1 aliphatic rings. The molecule has 1 heterocycles. The number of anilines is 1. The summed E-state index contributed by atoms with van der Waals surface area (Å²) in [7, 11) is 0. The molecule has 2 aromatic carbocycles. The lowest BCUT2D eigenvalue weighted by atomic mass is 9.85. The second-order valence-corrected chi connectivity index (χ2v) is 8.85. The van der Waals surface area contributed by atoms with E-state index in [-0.39, 0.29) is 18.9 Å². The van der Waals surface area contributed by atoms with Crippen molar-refractivity contribution in [2.24, 2.45) is 0 Å². The fraction of sp³-hybridized carbons (Fsp3) is 0.375. The van der Waals surface area contributed by atoms with Crippen LogP contribution in [-0.4, -0.2) is 28.4 Å². The number of nitrogens with one attached hydrogen (secondary N) is 1. The van der Waals surface area contributed by atoms with Gasteiger partial charge < -0.3 is 10.2 Å². The minimum atomic E-state index is -4.96. The lowest BCUT2D eigenvalue weighted by molar-refractivity contribution is -0.192. The molecule has 0 aromatic heterocycles. The summed E-state index contributed by atoms with van der Waals surface area (Å²) in [5.41, 5.74) is 2.21. The van der Waals surface area contributed by atoms with Crippen molar-refractivity contribution in [2.45, 2.75) is 58.3 Å². The molecule has 3 rings (SSSR count). The molecule has 168 valence electrons. The van der Waals surface area contributed by atoms with Crippen LogP contribution in [0.1, 0.15) is 66.2 Å². The van der Waals surface area contributed by atoms with Gasteiger partial charge in [-0.15, -0.1) is 0 Å². The van der Waals surface area contributed by atoms with Crippen LogP contribution in [0.2, 0.25) is 0 Å². The zero-order valence-corrected chi connectivity index (χ0v) is 18.3. The Bertz CT molecular complexity index is 1110. The van der Waals surface area contributed by atoms with Crippen molar-refractivity contribution in [3.05, 3.63) is 64.2 Å². The van der Waals surface area contributed by atoms with Crippen LogP contribution in [-0.2, 0) is 17.8 Å². The van der Waals surface area contributed by atoms with Crippen LogP contribution < -0.4 is 5.32 Å². The standard InChI is InChI=1S/C24H24F3N3O2/c1-14(2)20-16(12-28)6-5-7-19(20)21(31)29-18-9-8-15-11-23(3,4)30(13-17(15)10-18)22(32)24(25,26)27/h5-10,14H,11,13H2,1-4H3,(H,29,31). The second kappa shape index (κ2) is 8.30. The lowest BCUT2D eigenvalue weighted by Crippen LogP contribution is -2.55. The van der Waals surface area contributed by atoms with E-state index in [1.54, 1.807) is 50.2 Å². The van der Waals surface area contributed by atoms with E-state index in [9.17, 15) is 28.0 Å². The van der Waals surface area contributed by atoms with Crippen LogP contribution in [0.15, 0.2) is 36.4 Å². The molecule has 0 bridgehead atoms. The van der Waals surface area contributed by atoms with Gasteiger partial charge in [0, 0.05) is 23.3 Å². The number of hydrogen-bond donors (Lipinski definition) is 1. The zero-order valence-electron chi connectivity index (χ0n) is 18.3. The summed E-state index contributed by atoms with van der Waals surface area (Å²) < 4.78 is 39.3. The Morgan fingerprint density at radius 1 is 1.16 bits per heavy atom. The highest BCUT2D eigenvalue weighted by Crippen LogP contribution is 2.35. The number of amides is 2. The first-order chi connectivity index (χ1) is 14.8. The van der Waals surface area contributed by atoms with Gasteiger partial charge in [-0.1, -0.05) is 26.0 Å². The summed E-state index contributed by atoms with van der Waals surface area (Å²) in [6.45, 7) is 6.78. The lowest BCUT2D eigenvalue weighted by Gasteiger charge is -2.43. The number of alkyl halides is 3. The van der Waals surface area contributed by atoms with Gasteiger partial charge in [0.15, 0.2) is 0 Å². The zero-order chi connectivity index (χ0) is 23.8.